The molecule has 0 aromatic heterocycles. The molecule has 0 spiro atoms. The third-order valence-electron chi connectivity index (χ3n) is 3.72. The Morgan fingerprint density at radius 2 is 1.42 bits per heavy atom. The first-order valence-corrected chi connectivity index (χ1v) is 8.17. The molecular weight excluding hydrogens is 337 g/mol. The molecular formula is C20H20FNO4. The summed E-state index contributed by atoms with van der Waals surface area (Å²) in [4.78, 5) is 35.8. The van der Waals surface area contributed by atoms with Crippen LogP contribution in [0.15, 0.2) is 48.5 Å². The van der Waals surface area contributed by atoms with E-state index in [-0.39, 0.29) is 23.4 Å². The van der Waals surface area contributed by atoms with Crippen molar-refractivity contribution in [2.45, 2.75) is 26.8 Å². The Morgan fingerprint density at radius 3 is 1.88 bits per heavy atom. The summed E-state index contributed by atoms with van der Waals surface area (Å²) in [7, 11) is 0. The first kappa shape index (κ1) is 19.3. The molecule has 0 aliphatic carbocycles. The van der Waals surface area contributed by atoms with Gasteiger partial charge in [-0.1, -0.05) is 13.8 Å². The molecule has 0 saturated carbocycles. The molecule has 6 heteroatoms. The molecule has 1 amide bonds. The maximum absolute atomic E-state index is 12.9. The SMILES string of the molecule is CC(=O)NC(C(=O)Oc1ccc(C(=O)c2ccc(F)cc2)cc1)C(C)C. The molecule has 1 unspecified atom stereocenters. The first-order chi connectivity index (χ1) is 12.3. The molecule has 5 nitrogen and oxygen atoms in total. The lowest BCUT2D eigenvalue weighted by Gasteiger charge is -2.19. The molecule has 26 heavy (non-hydrogen) atoms. The number of nitrogens with one attached hydrogen (secondary N) is 1. The highest BCUT2D eigenvalue weighted by atomic mass is 19.1. The summed E-state index contributed by atoms with van der Waals surface area (Å²) in [5.74, 6) is -1.44. The van der Waals surface area contributed by atoms with Gasteiger partial charge in [-0.15, -0.1) is 0 Å². The third-order valence-corrected chi connectivity index (χ3v) is 3.72. The Labute approximate surface area is 151 Å². The number of carbonyl (C=O) groups is 3. The van der Waals surface area contributed by atoms with Crippen molar-refractivity contribution in [3.63, 3.8) is 0 Å². The maximum atomic E-state index is 12.9. The number of benzene rings is 2. The van der Waals surface area contributed by atoms with Gasteiger partial charge >= 0.3 is 5.97 Å². The summed E-state index contributed by atoms with van der Waals surface area (Å²) in [6.07, 6.45) is 0. The highest BCUT2D eigenvalue weighted by Gasteiger charge is 2.25. The van der Waals surface area contributed by atoms with Gasteiger partial charge in [0.1, 0.15) is 17.6 Å². The minimum Gasteiger partial charge on any atom is -0.425 e. The number of halogens is 1. The van der Waals surface area contributed by atoms with Crippen LogP contribution in [-0.4, -0.2) is 23.7 Å². The largest absolute Gasteiger partial charge is 0.425 e. The minimum atomic E-state index is -0.756. The topological polar surface area (TPSA) is 72.5 Å². The summed E-state index contributed by atoms with van der Waals surface area (Å²) >= 11 is 0. The minimum absolute atomic E-state index is 0.134. The summed E-state index contributed by atoms with van der Waals surface area (Å²) in [5, 5.41) is 2.56. The second-order valence-corrected chi connectivity index (χ2v) is 6.20. The van der Waals surface area contributed by atoms with Crippen molar-refractivity contribution in [3.05, 3.63) is 65.5 Å². The van der Waals surface area contributed by atoms with Gasteiger partial charge in [0.15, 0.2) is 5.78 Å². The predicted molar refractivity (Wildman–Crippen MR) is 94.4 cm³/mol. The van der Waals surface area contributed by atoms with Crippen LogP contribution in [0.1, 0.15) is 36.7 Å². The van der Waals surface area contributed by atoms with Gasteiger partial charge in [0.05, 0.1) is 0 Å². The number of rotatable bonds is 6. The van der Waals surface area contributed by atoms with Crippen molar-refractivity contribution in [1.29, 1.82) is 0 Å². The van der Waals surface area contributed by atoms with Crippen LogP contribution in [0.2, 0.25) is 0 Å². The van der Waals surface area contributed by atoms with Crippen LogP contribution in [-0.2, 0) is 9.59 Å². The summed E-state index contributed by atoms with van der Waals surface area (Å²) in [6, 6.07) is 10.6. The number of hydrogen-bond acceptors (Lipinski definition) is 4. The van der Waals surface area contributed by atoms with Gasteiger partial charge in [0.2, 0.25) is 5.91 Å². The Hall–Kier alpha value is -3.02. The van der Waals surface area contributed by atoms with Gasteiger partial charge in [-0.25, -0.2) is 9.18 Å². The van der Waals surface area contributed by atoms with Crippen LogP contribution < -0.4 is 10.1 Å². The maximum Gasteiger partial charge on any atom is 0.334 e. The average molecular weight is 357 g/mol. The van der Waals surface area contributed by atoms with E-state index in [9.17, 15) is 18.8 Å². The monoisotopic (exact) mass is 357 g/mol. The molecule has 0 radical (unpaired) electrons. The van der Waals surface area contributed by atoms with E-state index in [4.69, 9.17) is 4.74 Å². The highest BCUT2D eigenvalue weighted by Crippen LogP contribution is 2.17. The lowest BCUT2D eigenvalue weighted by Crippen LogP contribution is -2.45. The number of hydrogen-bond donors (Lipinski definition) is 1. The fourth-order valence-electron chi connectivity index (χ4n) is 2.34. The fraction of sp³-hybridized carbons (Fsp3) is 0.250. The number of amides is 1. The third kappa shape index (κ3) is 4.99. The zero-order valence-corrected chi connectivity index (χ0v) is 14.8. The van der Waals surface area contributed by atoms with Crippen LogP contribution in [0.4, 0.5) is 4.39 Å². The van der Waals surface area contributed by atoms with Crippen molar-refractivity contribution >= 4 is 17.7 Å². The zero-order chi connectivity index (χ0) is 19.3. The molecule has 0 saturated heterocycles. The van der Waals surface area contributed by atoms with Gasteiger partial charge in [-0.05, 0) is 54.4 Å². The highest BCUT2D eigenvalue weighted by molar-refractivity contribution is 6.09. The van der Waals surface area contributed by atoms with Crippen molar-refractivity contribution in [2.75, 3.05) is 0 Å². The second kappa shape index (κ2) is 8.38. The standard InChI is InChI=1S/C20H20FNO4/c1-12(2)18(22-13(3)23)20(25)26-17-10-6-15(7-11-17)19(24)14-4-8-16(21)9-5-14/h4-12,18H,1-3H3,(H,22,23). The molecule has 2 aromatic carbocycles. The van der Waals surface area contributed by atoms with E-state index in [2.05, 4.69) is 5.32 Å². The van der Waals surface area contributed by atoms with Crippen molar-refractivity contribution < 1.29 is 23.5 Å². The lowest BCUT2D eigenvalue weighted by atomic mass is 10.0. The lowest BCUT2D eigenvalue weighted by molar-refractivity contribution is -0.140. The zero-order valence-electron chi connectivity index (χ0n) is 14.8. The summed E-state index contributed by atoms with van der Waals surface area (Å²) in [5.41, 5.74) is 0.750. The van der Waals surface area contributed by atoms with E-state index in [1.807, 2.05) is 0 Å². The van der Waals surface area contributed by atoms with Crippen molar-refractivity contribution in [3.8, 4) is 5.75 Å². The quantitative estimate of drug-likeness (QED) is 0.490. The predicted octanol–water partition coefficient (Wildman–Crippen LogP) is 3.12. The average Bonchev–Trinajstić information content (AvgIpc) is 2.60. The Kier molecular flexibility index (Phi) is 6.22. The molecule has 0 aliphatic heterocycles. The van der Waals surface area contributed by atoms with Crippen molar-refractivity contribution in [1.82, 2.24) is 5.32 Å². The molecule has 1 atom stereocenters. The first-order valence-electron chi connectivity index (χ1n) is 8.17. The summed E-state index contributed by atoms with van der Waals surface area (Å²) < 4.78 is 18.2. The van der Waals surface area contributed by atoms with E-state index in [0.717, 1.165) is 0 Å². The number of carbonyl (C=O) groups excluding carboxylic acids is 3. The van der Waals surface area contributed by atoms with E-state index < -0.39 is 17.8 Å². The van der Waals surface area contributed by atoms with Crippen LogP contribution in [0.3, 0.4) is 0 Å². The molecule has 2 aromatic rings. The van der Waals surface area contributed by atoms with E-state index in [0.29, 0.717) is 11.1 Å². The van der Waals surface area contributed by atoms with Gasteiger partial charge in [0, 0.05) is 18.1 Å². The number of esters is 1. The van der Waals surface area contributed by atoms with Gasteiger partial charge in [-0.3, -0.25) is 9.59 Å². The van der Waals surface area contributed by atoms with E-state index >= 15 is 0 Å². The molecule has 0 aliphatic rings. The van der Waals surface area contributed by atoms with Gasteiger partial charge < -0.3 is 10.1 Å². The Morgan fingerprint density at radius 1 is 0.923 bits per heavy atom. The normalized spacial score (nSPS) is 11.7. The van der Waals surface area contributed by atoms with Gasteiger partial charge in [0.25, 0.3) is 0 Å². The van der Waals surface area contributed by atoms with E-state index in [1.54, 1.807) is 13.8 Å². The molecule has 1 N–H and O–H groups in total. The molecule has 0 fully saturated rings. The van der Waals surface area contributed by atoms with Crippen LogP contribution in [0, 0.1) is 11.7 Å². The Balaban J connectivity index is 2.09. The summed E-state index contributed by atoms with van der Waals surface area (Å²) in [6.45, 7) is 4.93. The van der Waals surface area contributed by atoms with Crippen LogP contribution >= 0.6 is 0 Å². The molecule has 0 bridgehead atoms. The Bertz CT molecular complexity index is 798. The number of ether oxygens (including phenoxy) is 1. The van der Waals surface area contributed by atoms with Crippen LogP contribution in [0.25, 0.3) is 0 Å². The van der Waals surface area contributed by atoms with Crippen LogP contribution in [0.5, 0.6) is 5.75 Å². The van der Waals surface area contributed by atoms with E-state index in [1.165, 1.54) is 55.5 Å². The van der Waals surface area contributed by atoms with Crippen molar-refractivity contribution in [2.24, 2.45) is 5.92 Å². The number of ketones is 1. The molecule has 2 rings (SSSR count). The smallest absolute Gasteiger partial charge is 0.334 e. The molecule has 0 heterocycles. The molecule has 136 valence electrons. The van der Waals surface area contributed by atoms with Gasteiger partial charge in [-0.2, -0.15) is 0 Å². The second-order valence-electron chi connectivity index (χ2n) is 6.20. The fourth-order valence-corrected chi connectivity index (χ4v) is 2.34.